The maximum Gasteiger partial charge on any atom is 0.272 e. The van der Waals surface area contributed by atoms with Crippen LogP contribution < -0.4 is 14.4 Å². The van der Waals surface area contributed by atoms with Gasteiger partial charge in [0, 0.05) is 26.2 Å². The van der Waals surface area contributed by atoms with E-state index in [0.717, 1.165) is 62.6 Å². The van der Waals surface area contributed by atoms with Crippen molar-refractivity contribution in [2.45, 2.75) is 38.6 Å². The van der Waals surface area contributed by atoms with E-state index in [-0.39, 0.29) is 5.91 Å². The first-order chi connectivity index (χ1) is 14.2. The van der Waals surface area contributed by atoms with Crippen LogP contribution in [0.4, 0.5) is 5.69 Å². The van der Waals surface area contributed by atoms with E-state index in [1.807, 2.05) is 23.2 Å². The summed E-state index contributed by atoms with van der Waals surface area (Å²) < 4.78 is 10.9. The van der Waals surface area contributed by atoms with E-state index in [0.29, 0.717) is 5.69 Å². The van der Waals surface area contributed by atoms with Crippen LogP contribution in [0.1, 0.15) is 47.3 Å². The number of aromatic nitrogens is 1. The Hall–Kier alpha value is -2.76. The zero-order chi connectivity index (χ0) is 20.2. The molecule has 0 bridgehead atoms. The maximum absolute atomic E-state index is 12.8. The molecule has 0 radical (unpaired) electrons. The van der Waals surface area contributed by atoms with Gasteiger partial charge in [0.15, 0.2) is 11.5 Å². The molecule has 29 heavy (non-hydrogen) atoms. The Balaban J connectivity index is 1.48. The highest BCUT2D eigenvalue weighted by Crippen LogP contribution is 2.34. The van der Waals surface area contributed by atoms with E-state index >= 15 is 0 Å². The normalized spacial score (nSPS) is 16.8. The van der Waals surface area contributed by atoms with Crippen LogP contribution in [0.15, 0.2) is 30.5 Å². The number of hydrogen-bond acceptors (Lipinski definition) is 5. The van der Waals surface area contributed by atoms with Gasteiger partial charge in [-0.3, -0.25) is 4.79 Å². The summed E-state index contributed by atoms with van der Waals surface area (Å²) in [5, 5.41) is 0. The number of likely N-dealkylation sites (tertiary alicyclic amines) is 1. The number of amides is 1. The standard InChI is InChI=1S/C23H29N3O3/c1-28-21-13-17-9-12-26(16-18(17)14-22(21)29-2)19-7-8-20(24-15-19)23(27)25-10-5-3-4-6-11-25/h7-8,13-15H,3-6,9-12,16H2,1-2H3. The Morgan fingerprint density at radius 3 is 2.24 bits per heavy atom. The zero-order valence-corrected chi connectivity index (χ0v) is 17.3. The molecule has 0 N–H and O–H groups in total. The second-order valence-corrected chi connectivity index (χ2v) is 7.76. The lowest BCUT2D eigenvalue weighted by molar-refractivity contribution is 0.0756. The quantitative estimate of drug-likeness (QED) is 0.791. The average molecular weight is 396 g/mol. The zero-order valence-electron chi connectivity index (χ0n) is 17.3. The molecule has 0 aliphatic carbocycles. The first-order valence-electron chi connectivity index (χ1n) is 10.4. The molecule has 0 spiro atoms. The molecular weight excluding hydrogens is 366 g/mol. The molecule has 1 amide bonds. The molecule has 0 unspecified atom stereocenters. The van der Waals surface area contributed by atoms with Crippen molar-refractivity contribution in [2.75, 3.05) is 38.8 Å². The summed E-state index contributed by atoms with van der Waals surface area (Å²) in [4.78, 5) is 21.5. The number of carbonyl (C=O) groups excluding carboxylic acids is 1. The second kappa shape index (κ2) is 8.72. The summed E-state index contributed by atoms with van der Waals surface area (Å²) in [6, 6.07) is 8.02. The molecule has 0 atom stereocenters. The number of benzene rings is 1. The molecule has 1 aromatic carbocycles. The van der Waals surface area contributed by atoms with E-state index in [9.17, 15) is 4.79 Å². The number of methoxy groups -OCH3 is 2. The summed E-state index contributed by atoms with van der Waals surface area (Å²) in [6.45, 7) is 3.38. The molecule has 154 valence electrons. The van der Waals surface area contributed by atoms with Crippen molar-refractivity contribution in [3.05, 3.63) is 47.3 Å². The Morgan fingerprint density at radius 1 is 0.931 bits per heavy atom. The minimum atomic E-state index is 0.0549. The summed E-state index contributed by atoms with van der Waals surface area (Å²) >= 11 is 0. The van der Waals surface area contributed by atoms with E-state index < -0.39 is 0 Å². The summed E-state index contributed by atoms with van der Waals surface area (Å²) in [7, 11) is 3.33. The Kier molecular flexibility index (Phi) is 5.88. The van der Waals surface area contributed by atoms with Crippen molar-refractivity contribution in [3.63, 3.8) is 0 Å². The fraction of sp³-hybridized carbons (Fsp3) is 0.478. The van der Waals surface area contributed by atoms with Gasteiger partial charge in [-0.15, -0.1) is 0 Å². The molecule has 1 saturated heterocycles. The molecule has 2 aliphatic heterocycles. The highest BCUT2D eigenvalue weighted by Gasteiger charge is 2.22. The lowest BCUT2D eigenvalue weighted by atomic mass is 9.98. The monoisotopic (exact) mass is 395 g/mol. The SMILES string of the molecule is COc1cc2c(cc1OC)CN(c1ccc(C(=O)N3CCCCCC3)nc1)CC2. The summed E-state index contributed by atoms with van der Waals surface area (Å²) in [6.07, 6.45) is 7.37. The first kappa shape index (κ1) is 19.6. The molecule has 3 heterocycles. The fourth-order valence-electron chi connectivity index (χ4n) is 4.24. The van der Waals surface area contributed by atoms with Gasteiger partial charge in [0.05, 0.1) is 26.1 Å². The van der Waals surface area contributed by atoms with Crippen molar-refractivity contribution < 1.29 is 14.3 Å². The first-order valence-corrected chi connectivity index (χ1v) is 10.4. The van der Waals surface area contributed by atoms with Crippen molar-refractivity contribution in [1.29, 1.82) is 0 Å². The van der Waals surface area contributed by atoms with Gasteiger partial charge in [0.1, 0.15) is 5.69 Å². The van der Waals surface area contributed by atoms with Gasteiger partial charge >= 0.3 is 0 Å². The molecular formula is C23H29N3O3. The fourth-order valence-corrected chi connectivity index (χ4v) is 4.24. The average Bonchev–Trinajstić information content (AvgIpc) is 3.07. The van der Waals surface area contributed by atoms with Crippen LogP contribution in [-0.2, 0) is 13.0 Å². The molecule has 4 rings (SSSR count). The highest BCUT2D eigenvalue weighted by molar-refractivity contribution is 5.92. The second-order valence-electron chi connectivity index (χ2n) is 7.76. The number of nitrogens with zero attached hydrogens (tertiary/aromatic N) is 3. The number of fused-ring (bicyclic) bond motifs is 1. The number of ether oxygens (including phenoxy) is 2. The van der Waals surface area contributed by atoms with Crippen LogP contribution in [0.3, 0.4) is 0 Å². The molecule has 1 aromatic heterocycles. The van der Waals surface area contributed by atoms with Crippen molar-refractivity contribution in [2.24, 2.45) is 0 Å². The van der Waals surface area contributed by atoms with E-state index in [4.69, 9.17) is 9.47 Å². The van der Waals surface area contributed by atoms with Gasteiger partial charge in [0.2, 0.25) is 0 Å². The Labute approximate surface area is 172 Å². The minimum Gasteiger partial charge on any atom is -0.493 e. The smallest absolute Gasteiger partial charge is 0.272 e. The molecule has 2 aromatic rings. The largest absolute Gasteiger partial charge is 0.493 e. The van der Waals surface area contributed by atoms with E-state index in [2.05, 4.69) is 22.0 Å². The lowest BCUT2D eigenvalue weighted by Crippen LogP contribution is -2.33. The number of carbonyl (C=O) groups is 1. The van der Waals surface area contributed by atoms with Crippen molar-refractivity contribution in [3.8, 4) is 11.5 Å². The summed E-state index contributed by atoms with van der Waals surface area (Å²) in [5.41, 5.74) is 4.11. The number of pyridine rings is 1. The minimum absolute atomic E-state index is 0.0549. The van der Waals surface area contributed by atoms with Gasteiger partial charge in [-0.2, -0.15) is 0 Å². The molecule has 6 nitrogen and oxygen atoms in total. The van der Waals surface area contributed by atoms with Crippen LogP contribution >= 0.6 is 0 Å². The third kappa shape index (κ3) is 4.16. The Bertz CT molecular complexity index is 858. The topological polar surface area (TPSA) is 54.9 Å². The van der Waals surface area contributed by atoms with Crippen LogP contribution in [0.25, 0.3) is 0 Å². The van der Waals surface area contributed by atoms with E-state index in [1.165, 1.54) is 24.0 Å². The number of hydrogen-bond donors (Lipinski definition) is 0. The number of rotatable bonds is 4. The molecule has 1 fully saturated rings. The maximum atomic E-state index is 12.8. The van der Waals surface area contributed by atoms with Gasteiger partial charge in [-0.1, -0.05) is 12.8 Å². The Morgan fingerprint density at radius 2 is 1.62 bits per heavy atom. The number of anilines is 1. The lowest BCUT2D eigenvalue weighted by Gasteiger charge is -2.31. The third-order valence-corrected chi connectivity index (χ3v) is 5.94. The molecule has 2 aliphatic rings. The predicted octanol–water partition coefficient (Wildman–Crippen LogP) is 3.68. The van der Waals surface area contributed by atoms with Gasteiger partial charge in [-0.05, 0) is 54.7 Å². The van der Waals surface area contributed by atoms with Crippen LogP contribution in [-0.4, -0.2) is 49.6 Å². The van der Waals surface area contributed by atoms with Gasteiger partial charge in [0.25, 0.3) is 5.91 Å². The van der Waals surface area contributed by atoms with E-state index in [1.54, 1.807) is 14.2 Å². The van der Waals surface area contributed by atoms with Crippen molar-refractivity contribution in [1.82, 2.24) is 9.88 Å². The summed E-state index contributed by atoms with van der Waals surface area (Å²) in [5.74, 6) is 1.58. The predicted molar refractivity (Wildman–Crippen MR) is 113 cm³/mol. The van der Waals surface area contributed by atoms with Gasteiger partial charge in [-0.25, -0.2) is 4.98 Å². The van der Waals surface area contributed by atoms with Crippen LogP contribution in [0.5, 0.6) is 11.5 Å². The van der Waals surface area contributed by atoms with Crippen LogP contribution in [0, 0.1) is 0 Å². The highest BCUT2D eigenvalue weighted by atomic mass is 16.5. The van der Waals surface area contributed by atoms with Crippen LogP contribution in [0.2, 0.25) is 0 Å². The van der Waals surface area contributed by atoms with Crippen molar-refractivity contribution >= 4 is 11.6 Å². The third-order valence-electron chi connectivity index (χ3n) is 5.94. The molecule has 0 saturated carbocycles. The van der Waals surface area contributed by atoms with Gasteiger partial charge < -0.3 is 19.3 Å². The molecule has 6 heteroatoms.